The number of hydrogen-bond donors (Lipinski definition) is 1. The predicted octanol–water partition coefficient (Wildman–Crippen LogP) is 5.85. The minimum absolute atomic E-state index is 0.0149. The van der Waals surface area contributed by atoms with Crippen molar-refractivity contribution < 1.29 is 4.79 Å². The lowest BCUT2D eigenvalue weighted by atomic mass is 9.96. The van der Waals surface area contributed by atoms with Crippen LogP contribution in [0.4, 0.5) is 5.13 Å². The molecule has 0 bridgehead atoms. The van der Waals surface area contributed by atoms with Crippen molar-refractivity contribution in [2.45, 2.75) is 39.7 Å². The minimum atomic E-state index is -0.0532. The molecule has 8 heteroatoms. The highest BCUT2D eigenvalue weighted by Crippen LogP contribution is 2.34. The molecule has 2 aromatic carbocycles. The Bertz CT molecular complexity index is 1310. The van der Waals surface area contributed by atoms with Crippen molar-refractivity contribution in [3.05, 3.63) is 70.4 Å². The number of amides is 1. The van der Waals surface area contributed by atoms with Crippen molar-refractivity contribution in [1.29, 1.82) is 0 Å². The summed E-state index contributed by atoms with van der Waals surface area (Å²) in [7, 11) is 0. The maximum atomic E-state index is 13.1. The van der Waals surface area contributed by atoms with Crippen LogP contribution < -0.4 is 10.2 Å². The summed E-state index contributed by atoms with van der Waals surface area (Å²) >= 11 is 7.71. The molecule has 1 aliphatic rings. The Morgan fingerprint density at radius 2 is 1.88 bits per heavy atom. The van der Waals surface area contributed by atoms with E-state index in [0.29, 0.717) is 11.6 Å². The number of aromatic nitrogens is 3. The van der Waals surface area contributed by atoms with E-state index in [0.717, 1.165) is 51.8 Å². The van der Waals surface area contributed by atoms with Crippen LogP contribution in [0.2, 0.25) is 5.02 Å². The maximum Gasteiger partial charge on any atom is 0.225 e. The Labute approximate surface area is 208 Å². The quantitative estimate of drug-likeness (QED) is 0.379. The van der Waals surface area contributed by atoms with E-state index in [1.165, 1.54) is 5.56 Å². The van der Waals surface area contributed by atoms with Crippen molar-refractivity contribution >= 4 is 44.3 Å². The number of halogens is 1. The summed E-state index contributed by atoms with van der Waals surface area (Å²) in [6.07, 6.45) is 1.86. The van der Waals surface area contributed by atoms with Gasteiger partial charge in [0.05, 0.1) is 28.0 Å². The predicted molar refractivity (Wildman–Crippen MR) is 139 cm³/mol. The lowest BCUT2D eigenvalue weighted by molar-refractivity contribution is -0.125. The Morgan fingerprint density at radius 1 is 1.15 bits per heavy atom. The van der Waals surface area contributed by atoms with Gasteiger partial charge in [-0.1, -0.05) is 52.8 Å². The molecule has 1 N–H and O–H groups in total. The van der Waals surface area contributed by atoms with Crippen molar-refractivity contribution in [2.75, 3.05) is 18.0 Å². The Hall–Kier alpha value is -2.90. The van der Waals surface area contributed by atoms with Crippen LogP contribution in [-0.2, 0) is 4.79 Å². The molecule has 1 fully saturated rings. The third-order valence-corrected chi connectivity index (χ3v) is 7.91. The molecule has 3 heterocycles. The van der Waals surface area contributed by atoms with E-state index in [1.54, 1.807) is 11.3 Å². The summed E-state index contributed by atoms with van der Waals surface area (Å²) in [5, 5.41) is 9.54. The van der Waals surface area contributed by atoms with Crippen molar-refractivity contribution in [1.82, 2.24) is 20.1 Å². The van der Waals surface area contributed by atoms with Crippen molar-refractivity contribution in [3.8, 4) is 5.69 Å². The number of fused-ring (bicyclic) bond motifs is 1. The largest absolute Gasteiger partial charge is 0.349 e. The molecule has 0 radical (unpaired) electrons. The molecule has 0 aliphatic carbocycles. The van der Waals surface area contributed by atoms with E-state index in [2.05, 4.69) is 46.5 Å². The van der Waals surface area contributed by atoms with E-state index in [-0.39, 0.29) is 17.9 Å². The zero-order valence-corrected chi connectivity index (χ0v) is 21.2. The van der Waals surface area contributed by atoms with Crippen LogP contribution in [0.1, 0.15) is 42.6 Å². The first-order chi connectivity index (χ1) is 16.4. The van der Waals surface area contributed by atoms with Gasteiger partial charge in [0.1, 0.15) is 0 Å². The monoisotopic (exact) mass is 493 g/mol. The molecule has 1 saturated heterocycles. The minimum Gasteiger partial charge on any atom is -0.349 e. The maximum absolute atomic E-state index is 13.1. The van der Waals surface area contributed by atoms with Crippen LogP contribution in [0.25, 0.3) is 16.0 Å². The molecule has 176 valence electrons. The number of thiazole rings is 1. The second kappa shape index (κ2) is 9.39. The number of benzene rings is 2. The Kier molecular flexibility index (Phi) is 6.32. The SMILES string of the molecule is Cc1ccc(C(C)NC(=O)C2CCCN(c3nc4c(s3)c(C)nn4-c3ccc(Cl)cc3)C2)cc1. The highest BCUT2D eigenvalue weighted by molar-refractivity contribution is 7.22. The first kappa shape index (κ1) is 22.9. The molecular weight excluding hydrogens is 466 g/mol. The van der Waals surface area contributed by atoms with Gasteiger partial charge in [0.25, 0.3) is 0 Å². The van der Waals surface area contributed by atoms with Crippen LogP contribution in [0.3, 0.4) is 0 Å². The van der Waals surface area contributed by atoms with E-state index < -0.39 is 0 Å². The Morgan fingerprint density at radius 3 is 2.62 bits per heavy atom. The fourth-order valence-corrected chi connectivity index (χ4v) is 5.60. The summed E-state index contributed by atoms with van der Waals surface area (Å²) < 4.78 is 2.95. The number of carbonyl (C=O) groups is 1. The number of rotatable bonds is 5. The third-order valence-electron chi connectivity index (χ3n) is 6.45. The first-order valence-corrected chi connectivity index (χ1v) is 12.8. The van der Waals surface area contributed by atoms with Crippen LogP contribution >= 0.6 is 22.9 Å². The van der Waals surface area contributed by atoms with Crippen LogP contribution in [0.15, 0.2) is 48.5 Å². The number of nitrogens with one attached hydrogen (secondary N) is 1. The van der Waals surface area contributed by atoms with Gasteiger partial charge in [-0.25, -0.2) is 4.68 Å². The number of hydrogen-bond acceptors (Lipinski definition) is 5. The summed E-state index contributed by atoms with van der Waals surface area (Å²) in [5.74, 6) is 0.0601. The molecule has 0 saturated carbocycles. The van der Waals surface area contributed by atoms with E-state index in [4.69, 9.17) is 16.6 Å². The number of nitrogens with zero attached hydrogens (tertiary/aromatic N) is 4. The van der Waals surface area contributed by atoms with Crippen molar-refractivity contribution in [3.63, 3.8) is 0 Å². The topological polar surface area (TPSA) is 63.1 Å². The number of aryl methyl sites for hydroxylation is 2. The summed E-state index contributed by atoms with van der Waals surface area (Å²) in [4.78, 5) is 20.3. The van der Waals surface area contributed by atoms with Gasteiger partial charge in [0.15, 0.2) is 10.8 Å². The number of anilines is 1. The molecule has 1 aliphatic heterocycles. The van der Waals surface area contributed by atoms with Crippen LogP contribution in [0.5, 0.6) is 0 Å². The number of carbonyl (C=O) groups excluding carboxylic acids is 1. The van der Waals surface area contributed by atoms with E-state index in [1.807, 2.05) is 42.8 Å². The van der Waals surface area contributed by atoms with Crippen molar-refractivity contribution in [2.24, 2.45) is 5.92 Å². The lowest BCUT2D eigenvalue weighted by Crippen LogP contribution is -2.43. The molecule has 4 aromatic rings. The fraction of sp³-hybridized carbons (Fsp3) is 0.346. The summed E-state index contributed by atoms with van der Waals surface area (Å²) in [5.41, 5.74) is 5.07. The van der Waals surface area contributed by atoms with E-state index in [9.17, 15) is 4.79 Å². The molecule has 5 rings (SSSR count). The zero-order valence-electron chi connectivity index (χ0n) is 19.6. The molecule has 2 unspecified atom stereocenters. The van der Waals surface area contributed by atoms with Gasteiger partial charge in [0.2, 0.25) is 5.91 Å². The molecule has 34 heavy (non-hydrogen) atoms. The average molecular weight is 494 g/mol. The van der Waals surface area contributed by atoms with Crippen LogP contribution in [0, 0.1) is 19.8 Å². The molecule has 6 nitrogen and oxygen atoms in total. The van der Waals surface area contributed by atoms with Gasteiger partial charge in [-0.3, -0.25) is 4.79 Å². The smallest absolute Gasteiger partial charge is 0.225 e. The van der Waals surface area contributed by atoms with Gasteiger partial charge in [-0.2, -0.15) is 10.1 Å². The molecular formula is C26H28ClN5OS. The highest BCUT2D eigenvalue weighted by Gasteiger charge is 2.29. The van der Waals surface area contributed by atoms with Crippen LogP contribution in [-0.4, -0.2) is 33.8 Å². The fourth-order valence-electron chi connectivity index (χ4n) is 4.46. The lowest BCUT2D eigenvalue weighted by Gasteiger charge is -2.32. The zero-order chi connectivity index (χ0) is 23.8. The van der Waals surface area contributed by atoms with Gasteiger partial charge in [0, 0.05) is 18.1 Å². The second-order valence-corrected chi connectivity index (χ2v) is 10.5. The van der Waals surface area contributed by atoms with Gasteiger partial charge in [-0.05, 0) is 63.4 Å². The second-order valence-electron chi connectivity index (χ2n) is 9.05. The summed E-state index contributed by atoms with van der Waals surface area (Å²) in [6.45, 7) is 7.70. The standard InChI is InChI=1S/C26H28ClN5OS/c1-16-6-8-19(9-7-16)17(2)28-25(33)20-5-4-14-31(15-20)26-29-24-23(34-26)18(3)30-32(24)22-12-10-21(27)11-13-22/h6-13,17,20H,4-5,14-15H2,1-3H3,(H,28,33). The first-order valence-electron chi connectivity index (χ1n) is 11.6. The average Bonchev–Trinajstić information content (AvgIpc) is 3.41. The molecule has 0 spiro atoms. The van der Waals surface area contributed by atoms with Gasteiger partial charge >= 0.3 is 0 Å². The van der Waals surface area contributed by atoms with Gasteiger partial charge in [-0.15, -0.1) is 0 Å². The normalized spacial score (nSPS) is 17.2. The number of piperidine rings is 1. The molecule has 2 atom stereocenters. The van der Waals surface area contributed by atoms with E-state index >= 15 is 0 Å². The summed E-state index contributed by atoms with van der Waals surface area (Å²) in [6, 6.07) is 15.9. The van der Waals surface area contributed by atoms with Gasteiger partial charge < -0.3 is 10.2 Å². The highest BCUT2D eigenvalue weighted by atomic mass is 35.5. The third kappa shape index (κ3) is 4.55. The molecule has 1 amide bonds. The Balaban J connectivity index is 1.32. The molecule has 2 aromatic heterocycles.